The fourth-order valence-corrected chi connectivity index (χ4v) is 3.86. The van der Waals surface area contributed by atoms with Crippen molar-refractivity contribution in [1.82, 2.24) is 4.90 Å². The first kappa shape index (κ1) is 18.0. The molecule has 1 fully saturated rings. The zero-order valence-corrected chi connectivity index (χ0v) is 16.4. The van der Waals surface area contributed by atoms with Crippen LogP contribution in [0.25, 0.3) is 0 Å². The van der Waals surface area contributed by atoms with E-state index in [-0.39, 0.29) is 12.1 Å². The fraction of sp³-hybridized carbons (Fsp3) is 0.381. The van der Waals surface area contributed by atoms with Gasteiger partial charge in [-0.15, -0.1) is 0 Å². The molecule has 132 valence electrons. The molecule has 3 nitrogen and oxygen atoms in total. The van der Waals surface area contributed by atoms with Crippen LogP contribution in [0.4, 0.5) is 4.79 Å². The minimum absolute atomic E-state index is 0.0410. The van der Waals surface area contributed by atoms with Gasteiger partial charge in [0.2, 0.25) is 0 Å². The summed E-state index contributed by atoms with van der Waals surface area (Å²) in [5.74, 6) is 0. The molecule has 0 N–H and O–H groups in total. The molecule has 25 heavy (non-hydrogen) atoms. The molecule has 0 saturated carbocycles. The van der Waals surface area contributed by atoms with Gasteiger partial charge in [-0.2, -0.15) is 0 Å². The van der Waals surface area contributed by atoms with E-state index >= 15 is 0 Å². The lowest BCUT2D eigenvalue weighted by Crippen LogP contribution is -2.37. The number of amides is 1. The van der Waals surface area contributed by atoms with E-state index in [4.69, 9.17) is 4.74 Å². The number of nitrogens with zero attached hydrogens (tertiary/aromatic N) is 1. The van der Waals surface area contributed by atoms with Gasteiger partial charge in [-0.05, 0) is 50.0 Å². The summed E-state index contributed by atoms with van der Waals surface area (Å²) in [5, 5.41) is 0. The molecule has 1 aromatic rings. The van der Waals surface area contributed by atoms with Crippen LogP contribution in [0.15, 0.2) is 64.7 Å². The quantitative estimate of drug-likeness (QED) is 0.570. The molecular formula is C21H24BrNO2. The van der Waals surface area contributed by atoms with Crippen molar-refractivity contribution in [3.05, 3.63) is 70.3 Å². The first-order valence-corrected chi connectivity index (χ1v) is 9.47. The molecule has 3 rings (SSSR count). The summed E-state index contributed by atoms with van der Waals surface area (Å²) < 4.78 is 7.00. The zero-order chi connectivity index (χ0) is 18.0. The van der Waals surface area contributed by atoms with Crippen LogP contribution >= 0.6 is 15.9 Å². The second-order valence-corrected chi connectivity index (χ2v) is 7.91. The van der Waals surface area contributed by atoms with Crippen LogP contribution in [0.3, 0.4) is 0 Å². The van der Waals surface area contributed by atoms with Crippen LogP contribution < -0.4 is 0 Å². The molecule has 1 aliphatic heterocycles. The van der Waals surface area contributed by atoms with E-state index in [9.17, 15) is 4.79 Å². The molecule has 1 saturated heterocycles. The highest BCUT2D eigenvalue weighted by molar-refractivity contribution is 9.10. The molecular weight excluding hydrogens is 378 g/mol. The monoisotopic (exact) mass is 401 g/mol. The molecule has 0 spiro atoms. The van der Waals surface area contributed by atoms with Gasteiger partial charge >= 0.3 is 6.09 Å². The first-order valence-electron chi connectivity index (χ1n) is 8.68. The van der Waals surface area contributed by atoms with Gasteiger partial charge < -0.3 is 4.74 Å². The van der Waals surface area contributed by atoms with Crippen LogP contribution in [0.1, 0.15) is 44.7 Å². The van der Waals surface area contributed by atoms with E-state index in [0.717, 1.165) is 34.0 Å². The highest BCUT2D eigenvalue weighted by atomic mass is 79.9. The van der Waals surface area contributed by atoms with E-state index in [1.807, 2.05) is 43.0 Å². The largest absolute Gasteiger partial charge is 0.436 e. The second kappa shape index (κ2) is 7.20. The van der Waals surface area contributed by atoms with Crippen LogP contribution in [-0.4, -0.2) is 23.1 Å². The highest BCUT2D eigenvalue weighted by Gasteiger charge is 2.48. The number of ether oxygens (including phenoxy) is 1. The minimum atomic E-state index is -0.622. The Kier molecular flexibility index (Phi) is 5.19. The van der Waals surface area contributed by atoms with E-state index < -0.39 is 5.60 Å². The molecule has 1 heterocycles. The van der Waals surface area contributed by atoms with Crippen molar-refractivity contribution in [2.45, 2.75) is 44.8 Å². The van der Waals surface area contributed by atoms with Crippen LogP contribution in [-0.2, 0) is 4.74 Å². The van der Waals surface area contributed by atoms with Gasteiger partial charge in [0.05, 0.1) is 12.6 Å². The Labute approximate surface area is 158 Å². The minimum Gasteiger partial charge on any atom is -0.436 e. The maximum Gasteiger partial charge on any atom is 0.411 e. The van der Waals surface area contributed by atoms with Gasteiger partial charge in [0.25, 0.3) is 0 Å². The topological polar surface area (TPSA) is 29.5 Å². The van der Waals surface area contributed by atoms with E-state index in [0.29, 0.717) is 13.0 Å². The van der Waals surface area contributed by atoms with E-state index in [1.54, 1.807) is 0 Å². The van der Waals surface area contributed by atoms with Crippen molar-refractivity contribution in [3.63, 3.8) is 0 Å². The van der Waals surface area contributed by atoms with Crippen molar-refractivity contribution in [2.75, 3.05) is 6.54 Å². The molecule has 1 aliphatic carbocycles. The fourth-order valence-electron chi connectivity index (χ4n) is 3.60. The average Bonchev–Trinajstić information content (AvgIpc) is 2.92. The van der Waals surface area contributed by atoms with Crippen molar-refractivity contribution in [1.29, 1.82) is 0 Å². The molecule has 0 radical (unpaired) electrons. The maximum absolute atomic E-state index is 12.7. The third kappa shape index (κ3) is 3.74. The first-order chi connectivity index (χ1) is 11.9. The number of cyclic esters (lactones) is 1. The van der Waals surface area contributed by atoms with Crippen LogP contribution in [0, 0.1) is 0 Å². The van der Waals surface area contributed by atoms with Crippen molar-refractivity contribution in [2.24, 2.45) is 0 Å². The number of carbonyl (C=O) groups excluding carboxylic acids is 1. The SMILES string of the molecule is C=C(C)CC1(C2=CCCC=C2)CN([C@@H](C)c2ccc(Br)cc2)C(=O)O1. The molecule has 1 aromatic carbocycles. The van der Waals surface area contributed by atoms with E-state index in [2.05, 4.69) is 40.7 Å². The normalized spacial score (nSPS) is 24.0. The predicted molar refractivity (Wildman–Crippen MR) is 104 cm³/mol. The molecule has 0 bridgehead atoms. The maximum atomic E-state index is 12.7. The summed E-state index contributed by atoms with van der Waals surface area (Å²) in [4.78, 5) is 14.5. The summed E-state index contributed by atoms with van der Waals surface area (Å²) in [7, 11) is 0. The lowest BCUT2D eigenvalue weighted by atomic mass is 9.84. The number of hydrogen-bond donors (Lipinski definition) is 0. The molecule has 2 atom stereocenters. The molecule has 1 unspecified atom stereocenters. The Bertz CT molecular complexity index is 735. The lowest BCUT2D eigenvalue weighted by Gasteiger charge is -2.31. The predicted octanol–water partition coefficient (Wildman–Crippen LogP) is 5.94. The Balaban J connectivity index is 1.89. The number of rotatable bonds is 5. The van der Waals surface area contributed by atoms with Gasteiger partial charge in [-0.1, -0.05) is 58.4 Å². The summed E-state index contributed by atoms with van der Waals surface area (Å²) in [6, 6.07) is 8.05. The summed E-state index contributed by atoms with van der Waals surface area (Å²) in [5.41, 5.74) is 2.59. The Morgan fingerprint density at radius 1 is 1.36 bits per heavy atom. The lowest BCUT2D eigenvalue weighted by molar-refractivity contribution is 0.0860. The Morgan fingerprint density at radius 3 is 2.68 bits per heavy atom. The molecule has 0 aromatic heterocycles. The Morgan fingerprint density at radius 2 is 2.08 bits per heavy atom. The molecule has 1 amide bonds. The van der Waals surface area contributed by atoms with Gasteiger partial charge in [0.15, 0.2) is 5.60 Å². The number of benzene rings is 1. The van der Waals surface area contributed by atoms with Gasteiger partial charge in [0.1, 0.15) is 0 Å². The highest BCUT2D eigenvalue weighted by Crippen LogP contribution is 2.40. The summed E-state index contributed by atoms with van der Waals surface area (Å²) in [6.07, 6.45) is 8.89. The number of allylic oxidation sites excluding steroid dienone is 2. The standard InChI is InChI=1S/C21H24BrNO2/c1-15(2)13-21(18-7-5-4-6-8-18)14-23(20(24)25-21)16(3)17-9-11-19(22)12-10-17/h5,7-12,16H,1,4,6,13-14H2,2-3H3/t16-,21?/m0/s1. The smallest absolute Gasteiger partial charge is 0.411 e. The molecule has 2 aliphatic rings. The van der Waals surface area contributed by atoms with Crippen molar-refractivity contribution in [3.8, 4) is 0 Å². The average molecular weight is 402 g/mol. The third-order valence-electron chi connectivity index (χ3n) is 4.87. The zero-order valence-electron chi connectivity index (χ0n) is 14.8. The number of hydrogen-bond acceptors (Lipinski definition) is 2. The van der Waals surface area contributed by atoms with Gasteiger partial charge in [-0.3, -0.25) is 4.90 Å². The van der Waals surface area contributed by atoms with Gasteiger partial charge in [-0.25, -0.2) is 4.79 Å². The van der Waals surface area contributed by atoms with Crippen LogP contribution in [0.2, 0.25) is 0 Å². The Hall–Kier alpha value is -1.81. The van der Waals surface area contributed by atoms with Crippen LogP contribution in [0.5, 0.6) is 0 Å². The molecule has 4 heteroatoms. The van der Waals surface area contributed by atoms with Gasteiger partial charge in [0, 0.05) is 10.9 Å². The number of halogens is 1. The summed E-state index contributed by atoms with van der Waals surface area (Å²) >= 11 is 3.46. The van der Waals surface area contributed by atoms with Crippen molar-refractivity contribution < 1.29 is 9.53 Å². The van der Waals surface area contributed by atoms with Crippen molar-refractivity contribution >= 4 is 22.0 Å². The second-order valence-electron chi connectivity index (χ2n) is 6.99. The van der Waals surface area contributed by atoms with E-state index in [1.165, 1.54) is 0 Å². The third-order valence-corrected chi connectivity index (χ3v) is 5.40. The summed E-state index contributed by atoms with van der Waals surface area (Å²) in [6.45, 7) is 8.64. The number of carbonyl (C=O) groups is 1.